The molecule has 6 nitrogen and oxygen atoms in total. The molecular formula is C11H11N3O3. The van der Waals surface area contributed by atoms with Crippen LogP contribution in [0.4, 0.5) is 5.82 Å². The van der Waals surface area contributed by atoms with Crippen LogP contribution < -0.4 is 5.01 Å². The summed E-state index contributed by atoms with van der Waals surface area (Å²) in [6.07, 6.45) is 1.85. The Bertz CT molecular complexity index is 510. The molecule has 1 N–H and O–H groups in total. The molecule has 1 aromatic heterocycles. The molecule has 17 heavy (non-hydrogen) atoms. The number of hydrazone groups is 1. The van der Waals surface area contributed by atoms with Gasteiger partial charge in [0.25, 0.3) is 0 Å². The Morgan fingerprint density at radius 1 is 1.47 bits per heavy atom. The van der Waals surface area contributed by atoms with E-state index in [1.54, 1.807) is 25.3 Å². The molecule has 0 fully saturated rings. The molecule has 1 aliphatic heterocycles. The zero-order chi connectivity index (χ0) is 12.4. The molecule has 0 spiro atoms. The quantitative estimate of drug-likeness (QED) is 0.824. The van der Waals surface area contributed by atoms with Gasteiger partial charge in [-0.2, -0.15) is 10.1 Å². The first-order chi connectivity index (χ1) is 8.09. The number of carboxylic acids is 1. The Labute approximate surface area is 97.6 Å². The molecule has 88 valence electrons. The van der Waals surface area contributed by atoms with Crippen molar-refractivity contribution in [3.63, 3.8) is 0 Å². The number of nitrogens with zero attached hydrogens (tertiary/aromatic N) is 3. The standard InChI is InChI=1S/C11H11N3O3/c1-7-3-2-6-12-10(7)14-9(15)5-4-8(13-14)11(16)17/h2-3,6H,4-5H2,1H3,(H,16,17). The second-order valence-corrected chi connectivity index (χ2v) is 3.70. The third kappa shape index (κ3) is 2.15. The first-order valence-electron chi connectivity index (χ1n) is 5.15. The highest BCUT2D eigenvalue weighted by Crippen LogP contribution is 2.21. The molecule has 1 aliphatic rings. The highest BCUT2D eigenvalue weighted by atomic mass is 16.4. The number of amides is 1. The lowest BCUT2D eigenvalue weighted by Gasteiger charge is -2.22. The summed E-state index contributed by atoms with van der Waals surface area (Å²) in [6.45, 7) is 1.79. The summed E-state index contributed by atoms with van der Waals surface area (Å²) in [5, 5.41) is 13.8. The number of hydrogen-bond donors (Lipinski definition) is 1. The topological polar surface area (TPSA) is 82.9 Å². The highest BCUT2D eigenvalue weighted by Gasteiger charge is 2.26. The van der Waals surface area contributed by atoms with Crippen LogP contribution in [-0.4, -0.2) is 27.7 Å². The maximum Gasteiger partial charge on any atom is 0.352 e. The van der Waals surface area contributed by atoms with Gasteiger partial charge in [0.2, 0.25) is 5.91 Å². The summed E-state index contributed by atoms with van der Waals surface area (Å²) >= 11 is 0. The minimum absolute atomic E-state index is 0.0188. The fourth-order valence-electron chi connectivity index (χ4n) is 1.57. The van der Waals surface area contributed by atoms with E-state index in [-0.39, 0.29) is 24.5 Å². The second kappa shape index (κ2) is 4.32. The van der Waals surface area contributed by atoms with Gasteiger partial charge in [-0.1, -0.05) is 6.07 Å². The van der Waals surface area contributed by atoms with Gasteiger partial charge in [-0.05, 0) is 18.6 Å². The van der Waals surface area contributed by atoms with Gasteiger partial charge in [0, 0.05) is 19.0 Å². The second-order valence-electron chi connectivity index (χ2n) is 3.70. The number of carboxylic acid groups (broad SMARTS) is 1. The van der Waals surface area contributed by atoms with Crippen molar-refractivity contribution in [2.75, 3.05) is 5.01 Å². The normalized spacial score (nSPS) is 15.7. The van der Waals surface area contributed by atoms with Crippen LogP contribution in [-0.2, 0) is 9.59 Å². The summed E-state index contributed by atoms with van der Waals surface area (Å²) in [5.74, 6) is -0.955. The van der Waals surface area contributed by atoms with Crippen LogP contribution in [0.2, 0.25) is 0 Å². The van der Waals surface area contributed by atoms with Gasteiger partial charge in [0.05, 0.1) is 0 Å². The number of carbonyl (C=O) groups is 2. The maximum absolute atomic E-state index is 11.7. The van der Waals surface area contributed by atoms with Crippen LogP contribution in [0, 0.1) is 6.92 Å². The van der Waals surface area contributed by atoms with Gasteiger partial charge in [0.1, 0.15) is 5.71 Å². The molecule has 0 atom stereocenters. The minimum Gasteiger partial charge on any atom is -0.477 e. The lowest BCUT2D eigenvalue weighted by Crippen LogP contribution is -2.35. The number of hydrogen-bond acceptors (Lipinski definition) is 4. The number of anilines is 1. The minimum atomic E-state index is -1.10. The van der Waals surface area contributed by atoms with Crippen LogP contribution in [0.15, 0.2) is 23.4 Å². The first kappa shape index (κ1) is 11.3. The predicted octanol–water partition coefficient (Wildman–Crippen LogP) is 0.957. The van der Waals surface area contributed by atoms with Gasteiger partial charge in [-0.3, -0.25) is 4.79 Å². The van der Waals surface area contributed by atoms with Gasteiger partial charge >= 0.3 is 5.97 Å². The maximum atomic E-state index is 11.7. The van der Waals surface area contributed by atoms with E-state index in [4.69, 9.17) is 5.11 Å². The van der Waals surface area contributed by atoms with E-state index in [1.165, 1.54) is 0 Å². The Kier molecular flexibility index (Phi) is 2.86. The molecule has 0 aromatic carbocycles. The van der Waals surface area contributed by atoms with Crippen LogP contribution in [0.5, 0.6) is 0 Å². The van der Waals surface area contributed by atoms with Crippen LogP contribution >= 0.6 is 0 Å². The summed E-state index contributed by atoms with van der Waals surface area (Å²) in [5.41, 5.74) is 0.755. The Morgan fingerprint density at radius 3 is 2.88 bits per heavy atom. The SMILES string of the molecule is Cc1cccnc1N1N=C(C(=O)O)CCC1=O. The molecule has 2 rings (SSSR count). The van der Waals surface area contributed by atoms with Crippen LogP contribution in [0.25, 0.3) is 0 Å². The van der Waals surface area contributed by atoms with Crippen molar-refractivity contribution in [1.29, 1.82) is 0 Å². The third-order valence-corrected chi connectivity index (χ3v) is 2.46. The van der Waals surface area contributed by atoms with Crippen molar-refractivity contribution in [2.24, 2.45) is 5.10 Å². The van der Waals surface area contributed by atoms with E-state index < -0.39 is 5.97 Å². The molecule has 0 saturated heterocycles. The van der Waals surface area contributed by atoms with Crippen molar-refractivity contribution < 1.29 is 14.7 Å². The van der Waals surface area contributed by atoms with Crippen molar-refractivity contribution in [2.45, 2.75) is 19.8 Å². The van der Waals surface area contributed by atoms with E-state index in [0.29, 0.717) is 5.82 Å². The largest absolute Gasteiger partial charge is 0.477 e. The van der Waals surface area contributed by atoms with E-state index in [0.717, 1.165) is 10.6 Å². The summed E-state index contributed by atoms with van der Waals surface area (Å²) in [7, 11) is 0. The predicted molar refractivity (Wildman–Crippen MR) is 60.8 cm³/mol. The van der Waals surface area contributed by atoms with Crippen molar-refractivity contribution in [3.8, 4) is 0 Å². The van der Waals surface area contributed by atoms with E-state index in [2.05, 4.69) is 10.1 Å². The van der Waals surface area contributed by atoms with E-state index in [9.17, 15) is 9.59 Å². The Balaban J connectivity index is 2.43. The number of carbonyl (C=O) groups excluding carboxylic acids is 1. The summed E-state index contributed by atoms with van der Waals surface area (Å²) in [6, 6.07) is 3.54. The zero-order valence-electron chi connectivity index (χ0n) is 9.25. The fourth-order valence-corrected chi connectivity index (χ4v) is 1.57. The van der Waals surface area contributed by atoms with Gasteiger partial charge in [0.15, 0.2) is 5.82 Å². The van der Waals surface area contributed by atoms with Crippen molar-refractivity contribution in [3.05, 3.63) is 23.9 Å². The smallest absolute Gasteiger partial charge is 0.352 e. The number of aromatic nitrogens is 1. The number of rotatable bonds is 2. The lowest BCUT2D eigenvalue weighted by molar-refractivity contribution is -0.129. The van der Waals surface area contributed by atoms with Crippen LogP contribution in [0.3, 0.4) is 0 Å². The van der Waals surface area contributed by atoms with Crippen molar-refractivity contribution >= 4 is 23.4 Å². The van der Waals surface area contributed by atoms with Crippen LogP contribution in [0.1, 0.15) is 18.4 Å². The molecule has 0 aliphatic carbocycles. The van der Waals surface area contributed by atoms with E-state index >= 15 is 0 Å². The molecule has 0 bridgehead atoms. The molecule has 0 radical (unpaired) electrons. The summed E-state index contributed by atoms with van der Waals surface area (Å²) < 4.78 is 0. The number of aryl methyl sites for hydroxylation is 1. The van der Waals surface area contributed by atoms with Gasteiger partial charge in [-0.15, -0.1) is 0 Å². The van der Waals surface area contributed by atoms with Gasteiger partial charge in [-0.25, -0.2) is 9.78 Å². The lowest BCUT2D eigenvalue weighted by atomic mass is 10.1. The van der Waals surface area contributed by atoms with E-state index in [1.807, 2.05) is 0 Å². The Hall–Kier alpha value is -2.24. The molecule has 6 heteroatoms. The molecule has 1 amide bonds. The van der Waals surface area contributed by atoms with Crippen molar-refractivity contribution in [1.82, 2.24) is 4.98 Å². The molecular weight excluding hydrogens is 222 g/mol. The molecule has 2 heterocycles. The average molecular weight is 233 g/mol. The number of pyridine rings is 1. The molecule has 0 saturated carbocycles. The monoisotopic (exact) mass is 233 g/mol. The molecule has 1 aromatic rings. The molecule has 0 unspecified atom stereocenters. The Morgan fingerprint density at radius 2 is 2.24 bits per heavy atom. The number of aliphatic carboxylic acids is 1. The summed E-state index contributed by atoms with van der Waals surface area (Å²) in [4.78, 5) is 26.6. The highest BCUT2D eigenvalue weighted by molar-refractivity contribution is 6.37. The zero-order valence-corrected chi connectivity index (χ0v) is 9.25. The fraction of sp³-hybridized carbons (Fsp3) is 0.273. The third-order valence-electron chi connectivity index (χ3n) is 2.46. The van der Waals surface area contributed by atoms with Gasteiger partial charge < -0.3 is 5.11 Å². The average Bonchev–Trinajstić information content (AvgIpc) is 2.30. The first-order valence-corrected chi connectivity index (χ1v) is 5.15.